The summed E-state index contributed by atoms with van der Waals surface area (Å²) in [6, 6.07) is 14.2. The van der Waals surface area contributed by atoms with E-state index in [2.05, 4.69) is 10.5 Å². The van der Waals surface area contributed by atoms with Gasteiger partial charge >= 0.3 is 0 Å². The molecule has 3 aromatic carbocycles. The van der Waals surface area contributed by atoms with Gasteiger partial charge in [-0.1, -0.05) is 24.3 Å². The summed E-state index contributed by atoms with van der Waals surface area (Å²) < 4.78 is 26.8. The number of benzene rings is 3. The Morgan fingerprint density at radius 1 is 1.10 bits per heavy atom. The van der Waals surface area contributed by atoms with E-state index in [-0.39, 0.29) is 16.4 Å². The van der Waals surface area contributed by atoms with Crippen molar-refractivity contribution in [2.24, 2.45) is 5.10 Å². The summed E-state index contributed by atoms with van der Waals surface area (Å²) in [7, 11) is -3.84. The van der Waals surface area contributed by atoms with Gasteiger partial charge in [-0.05, 0) is 36.6 Å². The van der Waals surface area contributed by atoms with E-state index >= 15 is 0 Å². The second-order valence-electron chi connectivity index (χ2n) is 6.58. The molecular weight excluding hydrogens is 394 g/mol. The van der Waals surface area contributed by atoms with Gasteiger partial charge in [-0.25, -0.2) is 13.8 Å². The highest BCUT2D eigenvalue weighted by Crippen LogP contribution is 2.41. The van der Waals surface area contributed by atoms with Gasteiger partial charge in [-0.15, -0.1) is 0 Å². The lowest BCUT2D eigenvalue weighted by Crippen LogP contribution is -2.37. The van der Waals surface area contributed by atoms with E-state index in [1.165, 1.54) is 18.2 Å². The van der Waals surface area contributed by atoms with E-state index in [9.17, 15) is 23.4 Å². The lowest BCUT2D eigenvalue weighted by Gasteiger charge is -2.17. The highest BCUT2D eigenvalue weighted by molar-refractivity contribution is 7.93. The van der Waals surface area contributed by atoms with Crippen molar-refractivity contribution in [3.05, 3.63) is 60.2 Å². The van der Waals surface area contributed by atoms with E-state index in [0.717, 1.165) is 15.8 Å². The van der Waals surface area contributed by atoms with E-state index in [1.54, 1.807) is 25.1 Å². The van der Waals surface area contributed by atoms with Gasteiger partial charge in [-0.2, -0.15) is 5.10 Å². The van der Waals surface area contributed by atoms with Crippen molar-refractivity contribution in [3.8, 4) is 11.5 Å². The molecule has 1 aliphatic rings. The van der Waals surface area contributed by atoms with Crippen LogP contribution in [0.1, 0.15) is 12.5 Å². The number of nitrogens with zero attached hydrogens (tertiary/aromatic N) is 2. The average Bonchev–Trinajstić information content (AvgIpc) is 2.89. The minimum Gasteiger partial charge on any atom is -0.508 e. The molecule has 29 heavy (non-hydrogen) atoms. The van der Waals surface area contributed by atoms with Crippen molar-refractivity contribution in [1.29, 1.82) is 0 Å². The molecule has 0 aliphatic carbocycles. The molecule has 0 spiro atoms. The number of anilines is 1. The summed E-state index contributed by atoms with van der Waals surface area (Å²) in [5, 5.41) is 24.5. The quantitative estimate of drug-likeness (QED) is 0.450. The molecule has 0 radical (unpaired) electrons. The third-order valence-corrected chi connectivity index (χ3v) is 6.49. The molecule has 1 heterocycles. The van der Waals surface area contributed by atoms with Gasteiger partial charge in [0, 0.05) is 17.0 Å². The van der Waals surface area contributed by atoms with Gasteiger partial charge in [0.05, 0.1) is 16.3 Å². The molecule has 0 fully saturated rings. The standard InChI is InChI=1S/C20H17N3O5S/c1-12(15-9-8-14(24)10-17(15)25)21-22-19(26)11-23-16-6-2-4-13-5-3-7-18(20(13)16)29(23,27)28/h2-10,24-25H,11H2,1H3,(H,22,26)/b21-12+. The molecule has 1 amide bonds. The van der Waals surface area contributed by atoms with Crippen molar-refractivity contribution >= 4 is 38.1 Å². The van der Waals surface area contributed by atoms with E-state index in [4.69, 9.17) is 0 Å². The Labute approximate surface area is 166 Å². The number of carbonyl (C=O) groups is 1. The predicted molar refractivity (Wildman–Crippen MR) is 109 cm³/mol. The summed E-state index contributed by atoms with van der Waals surface area (Å²) in [6.07, 6.45) is 0. The molecule has 0 saturated carbocycles. The van der Waals surface area contributed by atoms with Crippen LogP contribution in [0.2, 0.25) is 0 Å². The van der Waals surface area contributed by atoms with Crippen LogP contribution in [-0.2, 0) is 14.8 Å². The SMILES string of the molecule is C/C(=N\NC(=O)CN1c2cccc3cccc(c23)S1(=O)=O)c1ccc(O)cc1O. The number of phenolic OH excluding ortho intramolecular Hbond substituents is 2. The normalized spacial score (nSPS) is 14.9. The second kappa shape index (κ2) is 6.78. The molecule has 148 valence electrons. The molecule has 1 aliphatic heterocycles. The van der Waals surface area contributed by atoms with Crippen LogP contribution in [0.15, 0.2) is 64.6 Å². The highest BCUT2D eigenvalue weighted by Gasteiger charge is 2.36. The first-order valence-electron chi connectivity index (χ1n) is 8.69. The van der Waals surface area contributed by atoms with Crippen LogP contribution in [0.3, 0.4) is 0 Å². The molecule has 0 saturated heterocycles. The third-order valence-electron chi connectivity index (χ3n) is 4.69. The smallest absolute Gasteiger partial charge is 0.265 e. The largest absolute Gasteiger partial charge is 0.508 e. The van der Waals surface area contributed by atoms with Crippen LogP contribution in [0.25, 0.3) is 10.8 Å². The summed E-state index contributed by atoms with van der Waals surface area (Å²) in [4.78, 5) is 12.6. The summed E-state index contributed by atoms with van der Waals surface area (Å²) >= 11 is 0. The maximum Gasteiger partial charge on any atom is 0.265 e. The fourth-order valence-electron chi connectivity index (χ4n) is 3.33. The van der Waals surface area contributed by atoms with E-state index in [0.29, 0.717) is 22.3 Å². The first kappa shape index (κ1) is 18.8. The number of rotatable bonds is 4. The van der Waals surface area contributed by atoms with Gasteiger partial charge in [0.15, 0.2) is 0 Å². The van der Waals surface area contributed by atoms with Crippen LogP contribution in [-0.4, -0.2) is 36.8 Å². The minimum atomic E-state index is -3.84. The van der Waals surface area contributed by atoms with Crippen molar-refractivity contribution in [3.63, 3.8) is 0 Å². The van der Waals surface area contributed by atoms with Crippen LogP contribution in [0, 0.1) is 0 Å². The van der Waals surface area contributed by atoms with Gasteiger partial charge < -0.3 is 10.2 Å². The molecule has 4 rings (SSSR count). The van der Waals surface area contributed by atoms with Crippen LogP contribution in [0.4, 0.5) is 5.69 Å². The van der Waals surface area contributed by atoms with Crippen LogP contribution < -0.4 is 9.73 Å². The van der Waals surface area contributed by atoms with Crippen LogP contribution in [0.5, 0.6) is 11.5 Å². The summed E-state index contributed by atoms with van der Waals surface area (Å²) in [5.41, 5.74) is 3.39. The number of phenols is 2. The Hall–Kier alpha value is -3.59. The number of aromatic hydroxyl groups is 2. The zero-order valence-corrected chi connectivity index (χ0v) is 16.1. The van der Waals surface area contributed by atoms with Gasteiger partial charge in [-0.3, -0.25) is 9.10 Å². The fraction of sp³-hybridized carbons (Fsp3) is 0.100. The molecule has 0 aromatic heterocycles. The molecule has 8 nitrogen and oxygen atoms in total. The number of sulfonamides is 1. The Balaban J connectivity index is 1.57. The zero-order valence-electron chi connectivity index (χ0n) is 15.3. The maximum absolute atomic E-state index is 12.9. The number of hydrogen-bond donors (Lipinski definition) is 3. The third kappa shape index (κ3) is 3.15. The highest BCUT2D eigenvalue weighted by atomic mass is 32.2. The number of amides is 1. The summed E-state index contributed by atoms with van der Waals surface area (Å²) in [6.45, 7) is 1.13. The fourth-order valence-corrected chi connectivity index (χ4v) is 4.99. The summed E-state index contributed by atoms with van der Waals surface area (Å²) in [5.74, 6) is -0.920. The molecular formula is C20H17N3O5S. The molecule has 3 aromatic rings. The zero-order chi connectivity index (χ0) is 20.8. The number of carbonyl (C=O) groups excluding carboxylic acids is 1. The molecule has 0 unspecified atom stereocenters. The van der Waals surface area contributed by atoms with Crippen molar-refractivity contribution in [2.75, 3.05) is 10.8 Å². The van der Waals surface area contributed by atoms with Crippen LogP contribution >= 0.6 is 0 Å². The topological polar surface area (TPSA) is 119 Å². The van der Waals surface area contributed by atoms with Gasteiger partial charge in [0.25, 0.3) is 15.9 Å². The lowest BCUT2D eigenvalue weighted by atomic mass is 10.1. The van der Waals surface area contributed by atoms with Crippen molar-refractivity contribution in [1.82, 2.24) is 5.43 Å². The van der Waals surface area contributed by atoms with E-state index in [1.807, 2.05) is 12.1 Å². The molecule has 0 atom stereocenters. The first-order valence-corrected chi connectivity index (χ1v) is 10.1. The Kier molecular flexibility index (Phi) is 4.39. The van der Waals surface area contributed by atoms with E-state index < -0.39 is 22.5 Å². The number of hydrazone groups is 1. The number of hydrogen-bond acceptors (Lipinski definition) is 6. The lowest BCUT2D eigenvalue weighted by molar-refractivity contribution is -0.119. The molecule has 0 bridgehead atoms. The minimum absolute atomic E-state index is 0.101. The predicted octanol–water partition coefficient (Wildman–Crippen LogP) is 2.30. The van der Waals surface area contributed by atoms with Gasteiger partial charge in [0.1, 0.15) is 18.0 Å². The monoisotopic (exact) mass is 411 g/mol. The Morgan fingerprint density at radius 3 is 2.55 bits per heavy atom. The molecule has 9 heteroatoms. The maximum atomic E-state index is 12.9. The molecule has 3 N–H and O–H groups in total. The Morgan fingerprint density at radius 2 is 1.83 bits per heavy atom. The van der Waals surface area contributed by atoms with Crippen molar-refractivity contribution in [2.45, 2.75) is 11.8 Å². The first-order chi connectivity index (χ1) is 13.8. The second-order valence-corrected chi connectivity index (χ2v) is 8.41. The van der Waals surface area contributed by atoms with Crippen molar-refractivity contribution < 1.29 is 23.4 Å². The van der Waals surface area contributed by atoms with Gasteiger partial charge in [0.2, 0.25) is 0 Å². The number of nitrogens with one attached hydrogen (secondary N) is 1. The Bertz CT molecular complexity index is 1280. The average molecular weight is 411 g/mol.